The first-order valence-corrected chi connectivity index (χ1v) is 7.74. The summed E-state index contributed by atoms with van der Waals surface area (Å²) in [5, 5.41) is 2.85. The molecule has 2 rings (SSSR count). The van der Waals surface area contributed by atoms with E-state index in [0.717, 1.165) is 15.6 Å². The van der Waals surface area contributed by atoms with Crippen molar-refractivity contribution in [1.29, 1.82) is 0 Å². The molecule has 3 N–H and O–H groups in total. The largest absolute Gasteiger partial charge is 0.366 e. The fraction of sp³-hybridized carbons (Fsp3) is 0.176. The van der Waals surface area contributed by atoms with Gasteiger partial charge in [-0.3, -0.25) is 9.59 Å². The van der Waals surface area contributed by atoms with Crippen LogP contribution in [0.1, 0.15) is 27.9 Å². The third-order valence-corrected chi connectivity index (χ3v) is 3.72. The highest BCUT2D eigenvalue weighted by molar-refractivity contribution is 9.10. The van der Waals surface area contributed by atoms with E-state index >= 15 is 0 Å². The number of hydrogen-bond acceptors (Lipinski definition) is 2. The lowest BCUT2D eigenvalue weighted by Gasteiger charge is -2.07. The lowest BCUT2D eigenvalue weighted by atomic mass is 10.1. The molecule has 2 amide bonds. The van der Waals surface area contributed by atoms with Gasteiger partial charge < -0.3 is 11.1 Å². The van der Waals surface area contributed by atoms with Crippen molar-refractivity contribution in [3.8, 4) is 0 Å². The number of aryl methyl sites for hydroxylation is 1. The molecule has 0 aliphatic rings. The molecular formula is C17H17BrN2O2. The number of nitrogens with one attached hydrogen (secondary N) is 1. The van der Waals surface area contributed by atoms with E-state index in [1.54, 1.807) is 18.2 Å². The summed E-state index contributed by atoms with van der Waals surface area (Å²) in [6, 6.07) is 14.8. The summed E-state index contributed by atoms with van der Waals surface area (Å²) >= 11 is 3.41. The molecule has 0 heterocycles. The molecule has 0 aromatic heterocycles. The first kappa shape index (κ1) is 16.2. The maximum absolute atomic E-state index is 11.9. The summed E-state index contributed by atoms with van der Waals surface area (Å²) < 4.78 is 1.01. The molecule has 0 atom stereocenters. The number of primary amides is 1. The Hall–Kier alpha value is -2.14. The molecule has 0 spiro atoms. The minimum Gasteiger partial charge on any atom is -0.366 e. The van der Waals surface area contributed by atoms with E-state index in [4.69, 9.17) is 5.73 Å². The van der Waals surface area contributed by atoms with Crippen molar-refractivity contribution in [3.05, 3.63) is 69.7 Å². The van der Waals surface area contributed by atoms with Gasteiger partial charge in [-0.1, -0.05) is 40.2 Å². The highest BCUT2D eigenvalue weighted by Gasteiger charge is 2.05. The Morgan fingerprint density at radius 2 is 1.77 bits per heavy atom. The SMILES string of the molecule is NC(=O)c1cccc(CNC(=O)CCc2cccc(Br)c2)c1. The van der Waals surface area contributed by atoms with Crippen molar-refractivity contribution in [2.45, 2.75) is 19.4 Å². The molecule has 0 aliphatic carbocycles. The molecule has 0 aliphatic heterocycles. The Morgan fingerprint density at radius 3 is 2.50 bits per heavy atom. The number of hydrogen-bond donors (Lipinski definition) is 2. The van der Waals surface area contributed by atoms with Crippen LogP contribution >= 0.6 is 15.9 Å². The lowest BCUT2D eigenvalue weighted by molar-refractivity contribution is -0.121. The number of rotatable bonds is 6. The fourth-order valence-electron chi connectivity index (χ4n) is 2.07. The zero-order valence-corrected chi connectivity index (χ0v) is 13.6. The van der Waals surface area contributed by atoms with E-state index in [1.807, 2.05) is 30.3 Å². The van der Waals surface area contributed by atoms with Gasteiger partial charge in [0.25, 0.3) is 0 Å². The molecule has 5 heteroatoms. The van der Waals surface area contributed by atoms with Crippen LogP contribution in [0.5, 0.6) is 0 Å². The van der Waals surface area contributed by atoms with Gasteiger partial charge in [-0.05, 0) is 41.8 Å². The second kappa shape index (κ2) is 7.75. The van der Waals surface area contributed by atoms with Gasteiger partial charge in [-0.2, -0.15) is 0 Å². The van der Waals surface area contributed by atoms with Gasteiger partial charge in [0.05, 0.1) is 0 Å². The Morgan fingerprint density at radius 1 is 1.05 bits per heavy atom. The van der Waals surface area contributed by atoms with Crippen molar-refractivity contribution < 1.29 is 9.59 Å². The van der Waals surface area contributed by atoms with Gasteiger partial charge in [-0.25, -0.2) is 0 Å². The molecule has 2 aromatic rings. The number of carbonyl (C=O) groups excluding carboxylic acids is 2. The zero-order chi connectivity index (χ0) is 15.9. The van der Waals surface area contributed by atoms with Crippen LogP contribution in [0, 0.1) is 0 Å². The molecule has 0 radical (unpaired) electrons. The molecule has 2 aromatic carbocycles. The average molecular weight is 361 g/mol. The smallest absolute Gasteiger partial charge is 0.248 e. The third kappa shape index (κ3) is 5.00. The number of amides is 2. The number of nitrogens with two attached hydrogens (primary N) is 1. The number of halogens is 1. The van der Waals surface area contributed by atoms with Crippen LogP contribution in [-0.4, -0.2) is 11.8 Å². The van der Waals surface area contributed by atoms with Gasteiger partial charge in [-0.15, -0.1) is 0 Å². The minimum absolute atomic E-state index is 0.0237. The predicted molar refractivity (Wildman–Crippen MR) is 89.3 cm³/mol. The predicted octanol–water partition coefficient (Wildman–Crippen LogP) is 2.80. The second-order valence-electron chi connectivity index (χ2n) is 4.97. The zero-order valence-electron chi connectivity index (χ0n) is 12.0. The summed E-state index contributed by atoms with van der Waals surface area (Å²) in [5.41, 5.74) is 7.64. The topological polar surface area (TPSA) is 72.2 Å². The summed E-state index contributed by atoms with van der Waals surface area (Å²) in [5.74, 6) is -0.493. The average Bonchev–Trinajstić information content (AvgIpc) is 2.51. The monoisotopic (exact) mass is 360 g/mol. The first-order valence-electron chi connectivity index (χ1n) is 6.94. The van der Waals surface area contributed by atoms with Crippen molar-refractivity contribution >= 4 is 27.7 Å². The standard InChI is InChI=1S/C17H17BrN2O2/c18-15-6-2-3-12(10-15)7-8-16(21)20-11-13-4-1-5-14(9-13)17(19)22/h1-6,9-10H,7-8,11H2,(H2,19,22)(H,20,21). The Bertz CT molecular complexity index is 686. The number of benzene rings is 2. The van der Waals surface area contributed by atoms with Crippen LogP contribution in [0.25, 0.3) is 0 Å². The molecule has 0 fully saturated rings. The van der Waals surface area contributed by atoms with Crippen LogP contribution < -0.4 is 11.1 Å². The van der Waals surface area contributed by atoms with E-state index in [1.165, 1.54) is 0 Å². The molecule has 0 unspecified atom stereocenters. The molecule has 0 bridgehead atoms. The maximum atomic E-state index is 11.9. The van der Waals surface area contributed by atoms with E-state index in [-0.39, 0.29) is 5.91 Å². The van der Waals surface area contributed by atoms with Crippen molar-refractivity contribution in [2.75, 3.05) is 0 Å². The molecule has 0 saturated carbocycles. The Labute approximate surface area is 137 Å². The second-order valence-corrected chi connectivity index (χ2v) is 5.89. The summed E-state index contributed by atoms with van der Waals surface area (Å²) in [4.78, 5) is 23.0. The van der Waals surface area contributed by atoms with E-state index in [2.05, 4.69) is 21.2 Å². The first-order chi connectivity index (χ1) is 10.5. The summed E-state index contributed by atoms with van der Waals surface area (Å²) in [6.45, 7) is 0.387. The summed E-state index contributed by atoms with van der Waals surface area (Å²) in [7, 11) is 0. The highest BCUT2D eigenvalue weighted by atomic mass is 79.9. The van der Waals surface area contributed by atoms with Gasteiger partial charge in [0, 0.05) is 23.0 Å². The third-order valence-electron chi connectivity index (χ3n) is 3.23. The van der Waals surface area contributed by atoms with Crippen molar-refractivity contribution in [1.82, 2.24) is 5.32 Å². The maximum Gasteiger partial charge on any atom is 0.248 e. The van der Waals surface area contributed by atoms with Crippen molar-refractivity contribution in [2.24, 2.45) is 5.73 Å². The molecule has 114 valence electrons. The Kier molecular flexibility index (Phi) is 5.72. The minimum atomic E-state index is -0.470. The van der Waals surface area contributed by atoms with Gasteiger partial charge >= 0.3 is 0 Å². The van der Waals surface area contributed by atoms with Crippen LogP contribution in [0.3, 0.4) is 0 Å². The quantitative estimate of drug-likeness (QED) is 0.831. The van der Waals surface area contributed by atoms with Crippen molar-refractivity contribution in [3.63, 3.8) is 0 Å². The normalized spacial score (nSPS) is 10.2. The van der Waals surface area contributed by atoms with Gasteiger partial charge in [0.2, 0.25) is 11.8 Å². The molecule has 22 heavy (non-hydrogen) atoms. The fourth-order valence-corrected chi connectivity index (χ4v) is 2.52. The highest BCUT2D eigenvalue weighted by Crippen LogP contribution is 2.13. The molecule has 0 saturated heterocycles. The van der Waals surface area contributed by atoms with Gasteiger partial charge in [0.1, 0.15) is 0 Å². The number of carbonyl (C=O) groups is 2. The van der Waals surface area contributed by atoms with E-state index in [9.17, 15) is 9.59 Å². The van der Waals surface area contributed by atoms with E-state index < -0.39 is 5.91 Å². The van der Waals surface area contributed by atoms with Gasteiger partial charge in [0.15, 0.2) is 0 Å². The van der Waals surface area contributed by atoms with Crippen LogP contribution in [0.4, 0.5) is 0 Å². The molecule has 4 nitrogen and oxygen atoms in total. The van der Waals surface area contributed by atoms with Crippen LogP contribution in [-0.2, 0) is 17.8 Å². The summed E-state index contributed by atoms with van der Waals surface area (Å²) in [6.07, 6.45) is 1.11. The van der Waals surface area contributed by atoms with Crippen LogP contribution in [0.15, 0.2) is 53.0 Å². The van der Waals surface area contributed by atoms with Crippen LogP contribution in [0.2, 0.25) is 0 Å². The Balaban J connectivity index is 1.83. The molecular weight excluding hydrogens is 344 g/mol. The lowest BCUT2D eigenvalue weighted by Crippen LogP contribution is -2.23. The van der Waals surface area contributed by atoms with E-state index in [0.29, 0.717) is 24.9 Å².